The Kier molecular flexibility index (Phi) is 9.16. The topological polar surface area (TPSA) is 108 Å². The van der Waals surface area contributed by atoms with Gasteiger partial charge in [-0.25, -0.2) is 9.59 Å². The summed E-state index contributed by atoms with van der Waals surface area (Å²) < 4.78 is 21.3. The van der Waals surface area contributed by atoms with Crippen molar-refractivity contribution in [1.82, 2.24) is 4.90 Å². The van der Waals surface area contributed by atoms with Crippen LogP contribution in [0.1, 0.15) is 26.3 Å². The summed E-state index contributed by atoms with van der Waals surface area (Å²) in [7, 11) is 1.26. The van der Waals surface area contributed by atoms with E-state index in [0.717, 1.165) is 16.7 Å². The molecule has 2 amide bonds. The Bertz CT molecular complexity index is 917. The molecule has 1 saturated heterocycles. The lowest BCUT2D eigenvalue weighted by atomic mass is 10.1. The summed E-state index contributed by atoms with van der Waals surface area (Å²) in [5, 5.41) is -0.547. The Labute approximate surface area is 197 Å². The number of benzene rings is 1. The van der Waals surface area contributed by atoms with Gasteiger partial charge in [-0.15, -0.1) is 0 Å². The van der Waals surface area contributed by atoms with Crippen LogP contribution >= 0.6 is 34.4 Å². The van der Waals surface area contributed by atoms with Crippen LogP contribution in [0.3, 0.4) is 0 Å². The van der Waals surface area contributed by atoms with E-state index in [0.29, 0.717) is 27.2 Å². The first-order valence-electron chi connectivity index (χ1n) is 9.33. The lowest BCUT2D eigenvalue weighted by Gasteiger charge is -2.19. The van der Waals surface area contributed by atoms with Crippen molar-refractivity contribution in [2.24, 2.45) is 0 Å². The third-order valence-corrected chi connectivity index (χ3v) is 5.72. The predicted octanol–water partition coefficient (Wildman–Crippen LogP) is 3.23. The van der Waals surface area contributed by atoms with Crippen LogP contribution in [0.4, 0.5) is 4.79 Å². The van der Waals surface area contributed by atoms with Crippen LogP contribution in [0.5, 0.6) is 11.5 Å². The molecule has 0 bridgehead atoms. The van der Waals surface area contributed by atoms with Gasteiger partial charge in [-0.1, -0.05) is 0 Å². The minimum atomic E-state index is -1.02. The molecule has 1 aliphatic heterocycles. The molecule has 0 aliphatic carbocycles. The van der Waals surface area contributed by atoms with Crippen molar-refractivity contribution in [3.63, 3.8) is 0 Å². The number of methoxy groups -OCH3 is 1. The van der Waals surface area contributed by atoms with Crippen LogP contribution in [0.15, 0.2) is 17.0 Å². The van der Waals surface area contributed by atoms with E-state index in [-0.39, 0.29) is 18.1 Å². The SMILES string of the molecule is CCOC(=O)[C@H](C)N1C(=O)S/C(=C/c2cc(I)c(OCC(=O)OC)c(OCC)c2)C1=O. The van der Waals surface area contributed by atoms with E-state index in [1.807, 2.05) is 22.6 Å². The van der Waals surface area contributed by atoms with Gasteiger partial charge in [-0.05, 0) is 78.9 Å². The zero-order valence-electron chi connectivity index (χ0n) is 17.4. The van der Waals surface area contributed by atoms with E-state index >= 15 is 0 Å². The van der Waals surface area contributed by atoms with Crippen molar-refractivity contribution in [3.8, 4) is 11.5 Å². The highest BCUT2D eigenvalue weighted by Crippen LogP contribution is 2.38. The van der Waals surface area contributed by atoms with Gasteiger partial charge >= 0.3 is 11.9 Å². The number of hydrogen-bond acceptors (Lipinski definition) is 9. The first-order valence-corrected chi connectivity index (χ1v) is 11.2. The van der Waals surface area contributed by atoms with Crippen LogP contribution in [0, 0.1) is 3.57 Å². The number of ether oxygens (including phenoxy) is 4. The Morgan fingerprint density at radius 2 is 1.90 bits per heavy atom. The summed E-state index contributed by atoms with van der Waals surface area (Å²) in [6.45, 7) is 5.11. The largest absolute Gasteiger partial charge is 0.490 e. The summed E-state index contributed by atoms with van der Waals surface area (Å²) in [6, 6.07) is 2.34. The van der Waals surface area contributed by atoms with E-state index in [9.17, 15) is 19.2 Å². The molecule has 0 saturated carbocycles. The average Bonchev–Trinajstić information content (AvgIpc) is 2.99. The zero-order chi connectivity index (χ0) is 23.1. The highest BCUT2D eigenvalue weighted by Gasteiger charge is 2.41. The van der Waals surface area contributed by atoms with Crippen LogP contribution in [-0.2, 0) is 23.9 Å². The van der Waals surface area contributed by atoms with Gasteiger partial charge in [0.2, 0.25) is 0 Å². The lowest BCUT2D eigenvalue weighted by molar-refractivity contribution is -0.150. The number of esters is 2. The molecule has 168 valence electrons. The first-order chi connectivity index (χ1) is 14.7. The van der Waals surface area contributed by atoms with Crippen LogP contribution in [0.2, 0.25) is 0 Å². The first kappa shape index (κ1) is 25.0. The maximum Gasteiger partial charge on any atom is 0.343 e. The fraction of sp³-hybridized carbons (Fsp3) is 0.400. The van der Waals surface area contributed by atoms with Crippen molar-refractivity contribution in [3.05, 3.63) is 26.2 Å². The number of thioether (sulfide) groups is 1. The fourth-order valence-corrected chi connectivity index (χ4v) is 4.29. The Balaban J connectivity index is 2.32. The molecule has 11 heteroatoms. The van der Waals surface area contributed by atoms with Gasteiger partial charge in [0, 0.05) is 0 Å². The van der Waals surface area contributed by atoms with Crippen molar-refractivity contribution in [2.45, 2.75) is 26.8 Å². The van der Waals surface area contributed by atoms with Crippen molar-refractivity contribution in [1.29, 1.82) is 0 Å². The third-order valence-electron chi connectivity index (χ3n) is 4.03. The maximum absolute atomic E-state index is 12.7. The molecule has 0 spiro atoms. The van der Waals surface area contributed by atoms with Crippen LogP contribution in [0.25, 0.3) is 6.08 Å². The van der Waals surface area contributed by atoms with E-state index in [4.69, 9.17) is 14.2 Å². The summed E-state index contributed by atoms with van der Waals surface area (Å²) in [6.07, 6.45) is 1.54. The lowest BCUT2D eigenvalue weighted by Crippen LogP contribution is -2.42. The second kappa shape index (κ2) is 11.4. The summed E-state index contributed by atoms with van der Waals surface area (Å²) >= 11 is 2.76. The number of imide groups is 1. The summed E-state index contributed by atoms with van der Waals surface area (Å²) in [5.74, 6) is -1.01. The van der Waals surface area contributed by atoms with Crippen LogP contribution in [-0.4, -0.2) is 61.0 Å². The molecular weight excluding hydrogens is 541 g/mol. The molecule has 1 aromatic rings. The number of halogens is 1. The molecule has 1 atom stereocenters. The minimum Gasteiger partial charge on any atom is -0.490 e. The van der Waals surface area contributed by atoms with Gasteiger partial charge in [0.15, 0.2) is 18.1 Å². The Morgan fingerprint density at radius 3 is 2.52 bits per heavy atom. The van der Waals surface area contributed by atoms with Crippen molar-refractivity contribution in [2.75, 3.05) is 26.9 Å². The third kappa shape index (κ3) is 6.12. The minimum absolute atomic E-state index is 0.151. The van der Waals surface area contributed by atoms with Gasteiger partial charge in [0.05, 0.1) is 28.8 Å². The molecule has 0 aromatic heterocycles. The number of rotatable bonds is 9. The molecule has 0 unspecified atom stereocenters. The highest BCUT2D eigenvalue weighted by molar-refractivity contribution is 14.1. The number of hydrogen-bond donors (Lipinski definition) is 0. The zero-order valence-corrected chi connectivity index (χ0v) is 20.4. The number of carbonyl (C=O) groups excluding carboxylic acids is 4. The number of amides is 2. The maximum atomic E-state index is 12.7. The van der Waals surface area contributed by atoms with E-state index < -0.39 is 29.1 Å². The standard InChI is InChI=1S/C20H22INO8S/c1-5-28-14-8-12(7-13(21)17(14)30-10-16(23)27-4)9-15-18(24)22(20(26)31-15)11(3)19(25)29-6-2/h7-9,11H,5-6,10H2,1-4H3/b15-9+/t11-/m0/s1. The molecule has 1 aromatic carbocycles. The van der Waals surface area contributed by atoms with E-state index in [1.54, 1.807) is 26.0 Å². The molecule has 0 radical (unpaired) electrons. The molecular formula is C20H22INO8S. The Hall–Kier alpha value is -2.28. The monoisotopic (exact) mass is 563 g/mol. The molecule has 1 aliphatic rings. The molecule has 2 rings (SSSR count). The van der Waals surface area contributed by atoms with Gasteiger partial charge in [0.1, 0.15) is 6.04 Å². The van der Waals surface area contributed by atoms with E-state index in [2.05, 4.69) is 4.74 Å². The molecule has 1 heterocycles. The van der Waals surface area contributed by atoms with E-state index in [1.165, 1.54) is 20.1 Å². The Morgan fingerprint density at radius 1 is 1.19 bits per heavy atom. The van der Waals surface area contributed by atoms with Gasteiger partial charge in [0.25, 0.3) is 11.1 Å². The number of nitrogens with zero attached hydrogens (tertiary/aromatic N) is 1. The van der Waals surface area contributed by atoms with Gasteiger partial charge in [-0.2, -0.15) is 0 Å². The van der Waals surface area contributed by atoms with Crippen molar-refractivity contribution >= 4 is 63.5 Å². The normalized spacial score (nSPS) is 15.8. The van der Waals surface area contributed by atoms with Crippen molar-refractivity contribution < 1.29 is 38.1 Å². The van der Waals surface area contributed by atoms with Gasteiger partial charge in [-0.3, -0.25) is 14.5 Å². The predicted molar refractivity (Wildman–Crippen MR) is 122 cm³/mol. The second-order valence-electron chi connectivity index (χ2n) is 6.11. The summed E-state index contributed by atoms with van der Waals surface area (Å²) in [5.41, 5.74) is 0.590. The molecule has 0 N–H and O–H groups in total. The highest BCUT2D eigenvalue weighted by atomic mass is 127. The van der Waals surface area contributed by atoms with Crippen LogP contribution < -0.4 is 9.47 Å². The average molecular weight is 563 g/mol. The molecule has 31 heavy (non-hydrogen) atoms. The molecule has 9 nitrogen and oxygen atoms in total. The summed E-state index contributed by atoms with van der Waals surface area (Å²) in [4.78, 5) is 49.5. The molecule has 1 fully saturated rings. The van der Waals surface area contributed by atoms with Gasteiger partial charge < -0.3 is 18.9 Å². The quantitative estimate of drug-likeness (QED) is 0.254. The number of carbonyl (C=O) groups is 4. The fourth-order valence-electron chi connectivity index (χ4n) is 2.60. The smallest absolute Gasteiger partial charge is 0.343 e. The second-order valence-corrected chi connectivity index (χ2v) is 8.26.